The molecule has 0 bridgehead atoms. The van der Waals surface area contributed by atoms with E-state index in [1.165, 1.54) is 5.56 Å². The fraction of sp³-hybridized carbons (Fsp3) is 0.379. The van der Waals surface area contributed by atoms with Gasteiger partial charge in [0.15, 0.2) is 0 Å². The van der Waals surface area contributed by atoms with Crippen molar-refractivity contribution in [1.29, 1.82) is 5.26 Å². The summed E-state index contributed by atoms with van der Waals surface area (Å²) in [6.07, 6.45) is 8.44. The van der Waals surface area contributed by atoms with E-state index in [0.717, 1.165) is 41.8 Å². The Labute approximate surface area is 209 Å². The van der Waals surface area contributed by atoms with Crippen LogP contribution in [-0.4, -0.2) is 58.6 Å². The van der Waals surface area contributed by atoms with Crippen molar-refractivity contribution in [1.82, 2.24) is 10.2 Å². The highest BCUT2D eigenvalue weighted by atomic mass is 16.5. The van der Waals surface area contributed by atoms with E-state index >= 15 is 0 Å². The van der Waals surface area contributed by atoms with Crippen molar-refractivity contribution in [2.75, 3.05) is 41.4 Å². The Morgan fingerprint density at radius 1 is 1.20 bits per heavy atom. The predicted molar refractivity (Wildman–Crippen MR) is 144 cm³/mol. The summed E-state index contributed by atoms with van der Waals surface area (Å²) in [5.74, 6) is 0.635. The fourth-order valence-electron chi connectivity index (χ4n) is 4.12. The monoisotopic (exact) mass is 472 g/mol. The first-order chi connectivity index (χ1) is 17.0. The van der Waals surface area contributed by atoms with Gasteiger partial charge in [-0.3, -0.25) is 4.99 Å². The summed E-state index contributed by atoms with van der Waals surface area (Å²) in [6.45, 7) is 2.29. The Morgan fingerprint density at radius 3 is 2.69 bits per heavy atom. The van der Waals surface area contributed by atoms with Crippen molar-refractivity contribution in [2.24, 2.45) is 4.99 Å². The third kappa shape index (κ3) is 7.81. The highest BCUT2D eigenvalue weighted by Gasteiger charge is 2.17. The predicted octanol–water partition coefficient (Wildman–Crippen LogP) is 4.91. The lowest BCUT2D eigenvalue weighted by atomic mass is 9.98. The van der Waals surface area contributed by atoms with Gasteiger partial charge in [0.05, 0.1) is 18.8 Å². The molecular formula is C29H36N4O2. The molecule has 6 nitrogen and oxygen atoms in total. The Morgan fingerprint density at radius 2 is 2.00 bits per heavy atom. The second-order valence-electron chi connectivity index (χ2n) is 8.86. The van der Waals surface area contributed by atoms with Crippen LogP contribution in [0.2, 0.25) is 0 Å². The van der Waals surface area contributed by atoms with Crippen LogP contribution in [0.4, 0.5) is 0 Å². The summed E-state index contributed by atoms with van der Waals surface area (Å²) in [6, 6.07) is 16.7. The molecule has 0 spiro atoms. The summed E-state index contributed by atoms with van der Waals surface area (Å²) in [5, 5.41) is 13.1. The average Bonchev–Trinajstić information content (AvgIpc) is 2.87. The van der Waals surface area contributed by atoms with Crippen molar-refractivity contribution in [2.45, 2.75) is 31.9 Å². The number of nitrogens with zero attached hydrogens (tertiary/aromatic N) is 3. The van der Waals surface area contributed by atoms with E-state index < -0.39 is 0 Å². The zero-order valence-corrected chi connectivity index (χ0v) is 21.3. The molecule has 0 saturated carbocycles. The first kappa shape index (κ1) is 26.2. The maximum atomic E-state index is 9.80. The number of ether oxygens (including phenoxy) is 2. The Balaban J connectivity index is 1.85. The van der Waals surface area contributed by atoms with E-state index in [4.69, 9.17) is 9.47 Å². The second kappa shape index (κ2) is 13.5. The maximum absolute atomic E-state index is 9.80. The average molecular weight is 473 g/mol. The van der Waals surface area contributed by atoms with Crippen LogP contribution in [0.15, 0.2) is 59.6 Å². The molecule has 1 N–H and O–H groups in total. The molecule has 0 aromatic heterocycles. The lowest BCUT2D eigenvalue weighted by molar-refractivity contribution is 0.0254. The number of allylic oxidation sites excluding steroid dienone is 3. The number of nitrogens with one attached hydrogen (secondary N) is 1. The number of hydrogen-bond donors (Lipinski definition) is 1. The molecule has 3 rings (SSSR count). The van der Waals surface area contributed by atoms with E-state index in [9.17, 15) is 5.26 Å². The summed E-state index contributed by atoms with van der Waals surface area (Å²) < 4.78 is 11.5. The Hall–Kier alpha value is -3.40. The van der Waals surface area contributed by atoms with Gasteiger partial charge < -0.3 is 19.7 Å². The quantitative estimate of drug-likeness (QED) is 0.498. The van der Waals surface area contributed by atoms with Gasteiger partial charge in [0.1, 0.15) is 17.9 Å². The molecule has 35 heavy (non-hydrogen) atoms. The largest absolute Gasteiger partial charge is 0.489 e. The standard InChI is InChI=1S/C29H36N4O2/c1-31-15-12-23(8-10-28(32-2)25-7-5-6-22(18-25)21-33(3)4)24-9-11-29(26(19-24)20-30)35-27-13-16-34-17-14-27/h5-7,9-12,15,18-19,27,32H,8,13-14,16-17,21H2,1-4H3/b23-12+,28-10-,31-15?. The van der Waals surface area contributed by atoms with Gasteiger partial charge in [-0.05, 0) is 67.1 Å². The van der Waals surface area contributed by atoms with Gasteiger partial charge in [0.2, 0.25) is 0 Å². The van der Waals surface area contributed by atoms with Crippen molar-refractivity contribution in [3.05, 3.63) is 76.9 Å². The number of rotatable bonds is 10. The maximum Gasteiger partial charge on any atom is 0.137 e. The van der Waals surface area contributed by atoms with E-state index in [2.05, 4.69) is 65.7 Å². The minimum atomic E-state index is 0.0910. The summed E-state index contributed by atoms with van der Waals surface area (Å²) in [4.78, 5) is 6.30. The summed E-state index contributed by atoms with van der Waals surface area (Å²) >= 11 is 0. The molecule has 2 aromatic carbocycles. The highest BCUT2D eigenvalue weighted by molar-refractivity contribution is 5.86. The molecule has 6 heteroatoms. The van der Waals surface area contributed by atoms with E-state index in [1.807, 2.05) is 31.3 Å². The van der Waals surface area contributed by atoms with Gasteiger partial charge in [-0.25, -0.2) is 0 Å². The van der Waals surface area contributed by atoms with E-state index in [0.29, 0.717) is 30.9 Å². The number of hydrogen-bond acceptors (Lipinski definition) is 6. The smallest absolute Gasteiger partial charge is 0.137 e. The highest BCUT2D eigenvalue weighted by Crippen LogP contribution is 2.28. The normalized spacial score (nSPS) is 15.4. The minimum Gasteiger partial charge on any atom is -0.489 e. The lowest BCUT2D eigenvalue weighted by Crippen LogP contribution is -2.26. The van der Waals surface area contributed by atoms with Crippen molar-refractivity contribution in [3.8, 4) is 11.8 Å². The molecule has 1 saturated heterocycles. The molecule has 0 radical (unpaired) electrons. The van der Waals surface area contributed by atoms with Crippen molar-refractivity contribution in [3.63, 3.8) is 0 Å². The van der Waals surface area contributed by atoms with Gasteiger partial charge in [-0.1, -0.05) is 30.3 Å². The zero-order chi connectivity index (χ0) is 25.0. The molecule has 0 atom stereocenters. The second-order valence-corrected chi connectivity index (χ2v) is 8.86. The van der Waals surface area contributed by atoms with Crippen LogP contribution >= 0.6 is 0 Å². The molecule has 0 aliphatic carbocycles. The number of aliphatic imine (C=N–C) groups is 1. The molecule has 0 amide bonds. The third-order valence-corrected chi connectivity index (χ3v) is 5.89. The van der Waals surface area contributed by atoms with Crippen molar-refractivity contribution < 1.29 is 9.47 Å². The van der Waals surface area contributed by atoms with Crippen LogP contribution in [0.3, 0.4) is 0 Å². The molecule has 1 aliphatic rings. The lowest BCUT2D eigenvalue weighted by Gasteiger charge is -2.24. The molecular weight excluding hydrogens is 436 g/mol. The van der Waals surface area contributed by atoms with Gasteiger partial charge >= 0.3 is 0 Å². The van der Waals surface area contributed by atoms with Crippen LogP contribution in [0.5, 0.6) is 5.75 Å². The molecule has 1 heterocycles. The van der Waals surface area contributed by atoms with Crippen LogP contribution in [0.1, 0.15) is 41.5 Å². The Bertz CT molecular complexity index is 1110. The number of benzene rings is 2. The van der Waals surface area contributed by atoms with Gasteiger partial charge in [0, 0.05) is 45.4 Å². The summed E-state index contributed by atoms with van der Waals surface area (Å²) in [7, 11) is 7.84. The van der Waals surface area contributed by atoms with E-state index in [1.54, 1.807) is 13.3 Å². The first-order valence-electron chi connectivity index (χ1n) is 12.1. The number of nitriles is 1. The van der Waals surface area contributed by atoms with Gasteiger partial charge in [-0.15, -0.1) is 0 Å². The fourth-order valence-corrected chi connectivity index (χ4v) is 4.12. The third-order valence-electron chi connectivity index (χ3n) is 5.89. The zero-order valence-electron chi connectivity index (χ0n) is 21.3. The Kier molecular flexibility index (Phi) is 10.1. The molecule has 2 aromatic rings. The molecule has 1 fully saturated rings. The van der Waals surface area contributed by atoms with Crippen LogP contribution in [0.25, 0.3) is 11.3 Å². The van der Waals surface area contributed by atoms with Crippen LogP contribution in [0, 0.1) is 11.3 Å². The molecule has 0 unspecified atom stereocenters. The summed E-state index contributed by atoms with van der Waals surface area (Å²) in [5.41, 5.74) is 6.07. The molecule has 1 aliphatic heterocycles. The van der Waals surface area contributed by atoms with Gasteiger partial charge in [0.25, 0.3) is 0 Å². The topological polar surface area (TPSA) is 69.9 Å². The van der Waals surface area contributed by atoms with Crippen LogP contribution in [-0.2, 0) is 11.3 Å². The first-order valence-corrected chi connectivity index (χ1v) is 12.1. The minimum absolute atomic E-state index is 0.0910. The molecule has 184 valence electrons. The van der Waals surface area contributed by atoms with E-state index in [-0.39, 0.29) is 6.10 Å². The van der Waals surface area contributed by atoms with Crippen molar-refractivity contribution >= 4 is 17.5 Å². The SMILES string of the molecule is CN=C/C=C(\C/C=C(\NC)c1cccc(CN(C)C)c1)c1ccc(OC2CCOCC2)c(C#N)c1. The van der Waals surface area contributed by atoms with Gasteiger partial charge in [-0.2, -0.15) is 5.26 Å². The van der Waals surface area contributed by atoms with Crippen LogP contribution < -0.4 is 10.1 Å².